The molecule has 0 N–H and O–H groups in total. The molecule has 6 nitrogen and oxygen atoms in total. The van der Waals surface area contributed by atoms with Gasteiger partial charge in [0.05, 0.1) is 0 Å². The third-order valence-electron chi connectivity index (χ3n) is 3.12. The number of hydrogen-bond acceptors (Lipinski definition) is 6. The molecule has 0 aromatic rings. The van der Waals surface area contributed by atoms with Crippen LogP contribution in [-0.4, -0.2) is 17.9 Å². The molecule has 0 rings (SSSR count). The van der Waals surface area contributed by atoms with Gasteiger partial charge in [-0.3, -0.25) is 0 Å². The van der Waals surface area contributed by atoms with Crippen molar-refractivity contribution < 1.29 is 29.7 Å². The Balaban J connectivity index is -0.00000144. The van der Waals surface area contributed by atoms with Crippen molar-refractivity contribution in [2.75, 3.05) is 0 Å². The smallest absolute Gasteiger partial charge is 0.0445 e. The van der Waals surface area contributed by atoms with Crippen molar-refractivity contribution in [2.45, 2.75) is 54.4 Å². The maximum atomic E-state index is 10.9. The second-order valence-electron chi connectivity index (χ2n) is 4.34. The molecule has 0 bridgehead atoms. The van der Waals surface area contributed by atoms with Gasteiger partial charge in [-0.25, -0.2) is 0 Å². The SMILES string of the molecule is C.C.CCC(CC(CC(CC)C(=O)[O-])C(=O)[O-])C(=O)[O-]. The topological polar surface area (TPSA) is 120 Å². The highest BCUT2D eigenvalue weighted by molar-refractivity contribution is 5.73. The standard InChI is InChI=1S/C12H20O6.2CH4/c1-3-7(10(13)14)5-9(12(17)18)6-8(4-2)11(15)16;;/h7-9H,3-6H2,1-2H3,(H,13,14)(H,15,16)(H,17,18);2*1H4/p-3. The van der Waals surface area contributed by atoms with Crippen LogP contribution in [-0.2, 0) is 14.4 Å². The summed E-state index contributed by atoms with van der Waals surface area (Å²) in [6.45, 7) is 3.20. The van der Waals surface area contributed by atoms with E-state index in [0.29, 0.717) is 0 Å². The van der Waals surface area contributed by atoms with Gasteiger partial charge in [0.1, 0.15) is 0 Å². The van der Waals surface area contributed by atoms with Crippen LogP contribution in [0.3, 0.4) is 0 Å². The zero-order chi connectivity index (χ0) is 14.3. The lowest BCUT2D eigenvalue weighted by atomic mass is 9.85. The summed E-state index contributed by atoms with van der Waals surface area (Å²) in [7, 11) is 0. The zero-order valence-electron chi connectivity index (χ0n) is 10.5. The second-order valence-corrected chi connectivity index (χ2v) is 4.34. The van der Waals surface area contributed by atoms with E-state index in [-0.39, 0.29) is 40.5 Å². The molecule has 20 heavy (non-hydrogen) atoms. The van der Waals surface area contributed by atoms with Crippen molar-refractivity contribution >= 4 is 17.9 Å². The summed E-state index contributed by atoms with van der Waals surface area (Å²) in [5, 5.41) is 32.4. The van der Waals surface area contributed by atoms with E-state index < -0.39 is 35.7 Å². The minimum Gasteiger partial charge on any atom is -0.550 e. The fourth-order valence-electron chi connectivity index (χ4n) is 1.83. The predicted molar refractivity (Wildman–Crippen MR) is 68.8 cm³/mol. The van der Waals surface area contributed by atoms with Gasteiger partial charge in [0.15, 0.2) is 0 Å². The lowest BCUT2D eigenvalue weighted by Crippen LogP contribution is -2.40. The highest BCUT2D eigenvalue weighted by Gasteiger charge is 2.21. The van der Waals surface area contributed by atoms with Gasteiger partial charge in [-0.1, -0.05) is 28.7 Å². The summed E-state index contributed by atoms with van der Waals surface area (Å²) < 4.78 is 0. The number of carboxylic acid groups (broad SMARTS) is 3. The molecule has 0 radical (unpaired) electrons. The summed E-state index contributed by atoms with van der Waals surface area (Å²) in [5.74, 6) is -7.03. The van der Waals surface area contributed by atoms with Crippen LogP contribution >= 0.6 is 0 Å². The molecule has 2 unspecified atom stereocenters. The van der Waals surface area contributed by atoms with Crippen LogP contribution in [0.4, 0.5) is 0 Å². The molecular weight excluding hydrogens is 264 g/mol. The molecule has 2 atom stereocenters. The lowest BCUT2D eigenvalue weighted by Gasteiger charge is -2.27. The molecule has 0 fully saturated rings. The van der Waals surface area contributed by atoms with Gasteiger partial charge >= 0.3 is 0 Å². The highest BCUT2D eigenvalue weighted by atomic mass is 16.4. The number of rotatable bonds is 9. The summed E-state index contributed by atoms with van der Waals surface area (Å²) in [4.78, 5) is 32.4. The predicted octanol–water partition coefficient (Wildman–Crippen LogP) is -1.04. The maximum absolute atomic E-state index is 10.9. The Hall–Kier alpha value is -1.59. The third kappa shape index (κ3) is 7.76. The number of carbonyl (C=O) groups excluding carboxylic acids is 3. The van der Waals surface area contributed by atoms with E-state index in [1.807, 2.05) is 0 Å². The molecular formula is C14H25O6-3. The minimum absolute atomic E-state index is 0. The Morgan fingerprint density at radius 3 is 1.10 bits per heavy atom. The molecule has 0 aromatic heterocycles. The molecule has 0 aromatic carbocycles. The number of aliphatic carboxylic acids is 3. The second kappa shape index (κ2) is 11.3. The van der Waals surface area contributed by atoms with Gasteiger partial charge in [0.25, 0.3) is 0 Å². The van der Waals surface area contributed by atoms with Gasteiger partial charge in [-0.2, -0.15) is 0 Å². The molecule has 6 heteroatoms. The molecule has 0 aliphatic rings. The molecule has 0 aliphatic carbocycles. The first-order valence-corrected chi connectivity index (χ1v) is 5.95. The van der Waals surface area contributed by atoms with Gasteiger partial charge in [0, 0.05) is 17.9 Å². The van der Waals surface area contributed by atoms with Crippen molar-refractivity contribution in [1.82, 2.24) is 0 Å². The summed E-state index contributed by atoms with van der Waals surface area (Å²) >= 11 is 0. The number of hydrogen-bond donors (Lipinski definition) is 0. The highest BCUT2D eigenvalue weighted by Crippen LogP contribution is 2.23. The van der Waals surface area contributed by atoms with Crippen LogP contribution in [0.1, 0.15) is 54.4 Å². The largest absolute Gasteiger partial charge is 0.550 e. The van der Waals surface area contributed by atoms with Crippen molar-refractivity contribution in [3.05, 3.63) is 0 Å². The van der Waals surface area contributed by atoms with Crippen LogP contribution in [0.15, 0.2) is 0 Å². The normalized spacial score (nSPS) is 14.1. The van der Waals surface area contributed by atoms with Crippen LogP contribution in [0.5, 0.6) is 0 Å². The molecule has 0 saturated carbocycles. The first-order chi connectivity index (χ1) is 8.33. The summed E-state index contributed by atoms with van der Waals surface area (Å²) in [6, 6.07) is 0. The Morgan fingerprint density at radius 1 is 0.700 bits per heavy atom. The number of carbonyl (C=O) groups is 3. The van der Waals surface area contributed by atoms with E-state index in [4.69, 9.17) is 0 Å². The molecule has 120 valence electrons. The van der Waals surface area contributed by atoms with Crippen molar-refractivity contribution in [2.24, 2.45) is 17.8 Å². The average Bonchev–Trinajstić information content (AvgIpc) is 2.27. The van der Waals surface area contributed by atoms with Crippen molar-refractivity contribution in [3.8, 4) is 0 Å². The fraction of sp³-hybridized carbons (Fsp3) is 0.786. The van der Waals surface area contributed by atoms with E-state index in [0.717, 1.165) is 0 Å². The molecule has 0 aliphatic heterocycles. The summed E-state index contributed by atoms with van der Waals surface area (Å²) in [6.07, 6.45) is 0.109. The van der Waals surface area contributed by atoms with Gasteiger partial charge < -0.3 is 29.7 Å². The van der Waals surface area contributed by atoms with E-state index in [1.54, 1.807) is 13.8 Å². The van der Waals surface area contributed by atoms with E-state index in [1.165, 1.54) is 0 Å². The van der Waals surface area contributed by atoms with Crippen LogP contribution in [0.25, 0.3) is 0 Å². The van der Waals surface area contributed by atoms with Gasteiger partial charge in [-0.15, -0.1) is 0 Å². The first kappa shape index (κ1) is 23.5. The average molecular weight is 289 g/mol. The molecule has 0 heterocycles. The van der Waals surface area contributed by atoms with Crippen molar-refractivity contribution in [3.63, 3.8) is 0 Å². The van der Waals surface area contributed by atoms with Crippen LogP contribution in [0, 0.1) is 17.8 Å². The summed E-state index contributed by atoms with van der Waals surface area (Å²) in [5.41, 5.74) is 0. The van der Waals surface area contributed by atoms with E-state index >= 15 is 0 Å². The third-order valence-corrected chi connectivity index (χ3v) is 3.12. The Morgan fingerprint density at radius 2 is 0.950 bits per heavy atom. The van der Waals surface area contributed by atoms with Crippen molar-refractivity contribution in [1.29, 1.82) is 0 Å². The zero-order valence-corrected chi connectivity index (χ0v) is 10.5. The van der Waals surface area contributed by atoms with Crippen LogP contribution in [0.2, 0.25) is 0 Å². The van der Waals surface area contributed by atoms with E-state index in [9.17, 15) is 29.7 Å². The Bertz CT molecular complexity index is 289. The fourth-order valence-corrected chi connectivity index (χ4v) is 1.83. The molecule has 0 amide bonds. The number of carboxylic acids is 3. The minimum atomic E-state index is -1.44. The van der Waals surface area contributed by atoms with E-state index in [2.05, 4.69) is 0 Å². The lowest BCUT2D eigenvalue weighted by molar-refractivity contribution is -0.318. The Kier molecular flexibility index (Phi) is 13.2. The first-order valence-electron chi connectivity index (χ1n) is 5.95. The van der Waals surface area contributed by atoms with Gasteiger partial charge in [-0.05, 0) is 43.4 Å². The molecule has 0 saturated heterocycles. The monoisotopic (exact) mass is 289 g/mol. The van der Waals surface area contributed by atoms with Crippen LogP contribution < -0.4 is 15.3 Å². The quantitative estimate of drug-likeness (QED) is 0.534. The molecule has 0 spiro atoms. The van der Waals surface area contributed by atoms with Gasteiger partial charge in [0.2, 0.25) is 0 Å². The maximum Gasteiger partial charge on any atom is 0.0445 e. The Labute approximate surface area is 120 Å².